The molecule has 2 heterocycles. The summed E-state index contributed by atoms with van der Waals surface area (Å²) in [6, 6.07) is 8.69. The zero-order chi connectivity index (χ0) is 15.0. The van der Waals surface area contributed by atoms with Crippen LogP contribution in [0.1, 0.15) is 0 Å². The van der Waals surface area contributed by atoms with Crippen LogP contribution in [0.5, 0.6) is 0 Å². The van der Waals surface area contributed by atoms with Crippen molar-refractivity contribution < 1.29 is 9.90 Å². The van der Waals surface area contributed by atoms with E-state index in [9.17, 15) is 9.59 Å². The Morgan fingerprint density at radius 3 is 2.62 bits per heavy atom. The topological polar surface area (TPSA) is 77.1 Å². The maximum absolute atomic E-state index is 12.4. The molecule has 0 amide bonds. The fourth-order valence-electron chi connectivity index (χ4n) is 2.13. The van der Waals surface area contributed by atoms with Gasteiger partial charge in [0.1, 0.15) is 12.1 Å². The molecule has 0 radical (unpaired) electrons. The van der Waals surface area contributed by atoms with E-state index in [4.69, 9.17) is 16.7 Å². The number of carboxylic acid groups (broad SMARTS) is 1. The number of benzene rings is 1. The van der Waals surface area contributed by atoms with Crippen molar-refractivity contribution in [1.82, 2.24) is 14.1 Å². The molecule has 0 atom stereocenters. The van der Waals surface area contributed by atoms with E-state index in [2.05, 4.69) is 4.98 Å². The van der Waals surface area contributed by atoms with Gasteiger partial charge in [-0.05, 0) is 30.3 Å². The molecule has 0 saturated heterocycles. The van der Waals surface area contributed by atoms with Gasteiger partial charge in [-0.2, -0.15) is 0 Å². The summed E-state index contributed by atoms with van der Waals surface area (Å²) >= 11 is 5.85. The smallest absolute Gasteiger partial charge is 0.323 e. The first-order valence-electron chi connectivity index (χ1n) is 6.10. The first-order chi connectivity index (χ1) is 10.1. The summed E-state index contributed by atoms with van der Waals surface area (Å²) in [7, 11) is 0. The molecule has 3 rings (SSSR count). The molecule has 0 spiro atoms. The summed E-state index contributed by atoms with van der Waals surface area (Å²) in [6.07, 6.45) is 2.96. The van der Waals surface area contributed by atoms with E-state index in [1.165, 1.54) is 6.33 Å². The third-order valence-electron chi connectivity index (χ3n) is 3.08. The predicted octanol–water partition coefficient (Wildman–Crippen LogP) is 1.93. The second-order valence-corrected chi connectivity index (χ2v) is 4.90. The van der Waals surface area contributed by atoms with Crippen LogP contribution >= 0.6 is 11.6 Å². The van der Waals surface area contributed by atoms with Crippen LogP contribution in [0.2, 0.25) is 5.02 Å². The number of aromatic nitrogens is 3. The standard InChI is InChI=1S/C14H10ClN3O3/c15-9-1-3-10(4-2-9)18-6-5-11-13(18)14(21)17(8-16-11)7-12(19)20/h1-6,8H,7H2,(H,19,20). The lowest BCUT2D eigenvalue weighted by Gasteiger charge is -2.06. The van der Waals surface area contributed by atoms with Crippen molar-refractivity contribution in [3.05, 3.63) is 58.2 Å². The molecule has 106 valence electrons. The zero-order valence-electron chi connectivity index (χ0n) is 10.7. The molecule has 0 bridgehead atoms. The fourth-order valence-corrected chi connectivity index (χ4v) is 2.26. The highest BCUT2D eigenvalue weighted by Crippen LogP contribution is 2.18. The van der Waals surface area contributed by atoms with E-state index in [1.807, 2.05) is 0 Å². The van der Waals surface area contributed by atoms with Crippen LogP contribution in [0.25, 0.3) is 16.7 Å². The Labute approximate surface area is 123 Å². The van der Waals surface area contributed by atoms with Crippen LogP contribution in [-0.4, -0.2) is 25.2 Å². The zero-order valence-corrected chi connectivity index (χ0v) is 11.5. The number of aliphatic carboxylic acids is 1. The molecule has 2 aromatic heterocycles. The first kappa shape index (κ1) is 13.4. The maximum Gasteiger partial charge on any atom is 0.323 e. The molecular weight excluding hydrogens is 294 g/mol. The van der Waals surface area contributed by atoms with Crippen LogP contribution in [-0.2, 0) is 11.3 Å². The van der Waals surface area contributed by atoms with Crippen LogP contribution < -0.4 is 5.56 Å². The molecule has 0 aliphatic rings. The molecule has 0 saturated carbocycles. The first-order valence-corrected chi connectivity index (χ1v) is 6.48. The van der Waals surface area contributed by atoms with E-state index in [-0.39, 0.29) is 0 Å². The molecule has 7 heteroatoms. The third kappa shape index (κ3) is 2.41. The van der Waals surface area contributed by atoms with Gasteiger partial charge in [0.15, 0.2) is 0 Å². The molecule has 3 aromatic rings. The van der Waals surface area contributed by atoms with Crippen molar-refractivity contribution in [2.24, 2.45) is 0 Å². The van der Waals surface area contributed by atoms with Crippen LogP contribution in [0.4, 0.5) is 0 Å². The van der Waals surface area contributed by atoms with E-state index in [1.54, 1.807) is 41.1 Å². The van der Waals surface area contributed by atoms with Crippen molar-refractivity contribution in [2.45, 2.75) is 6.54 Å². The predicted molar refractivity (Wildman–Crippen MR) is 78.0 cm³/mol. The van der Waals surface area contributed by atoms with Crippen LogP contribution in [0, 0.1) is 0 Å². The Bertz CT molecular complexity index is 881. The van der Waals surface area contributed by atoms with Gasteiger partial charge in [0, 0.05) is 16.9 Å². The molecular formula is C14H10ClN3O3. The normalized spacial score (nSPS) is 10.9. The summed E-state index contributed by atoms with van der Waals surface area (Å²) < 4.78 is 2.73. The molecule has 1 N–H and O–H groups in total. The highest BCUT2D eigenvalue weighted by molar-refractivity contribution is 6.30. The SMILES string of the molecule is O=C(O)Cn1cnc2ccn(-c3ccc(Cl)cc3)c2c1=O. The number of carbonyl (C=O) groups is 1. The summed E-state index contributed by atoms with van der Waals surface area (Å²) in [5.41, 5.74) is 1.20. The van der Waals surface area contributed by atoms with E-state index in [0.29, 0.717) is 16.1 Å². The number of rotatable bonds is 3. The Morgan fingerprint density at radius 1 is 1.24 bits per heavy atom. The van der Waals surface area contributed by atoms with Gasteiger partial charge in [0.05, 0.1) is 11.8 Å². The van der Waals surface area contributed by atoms with Crippen molar-refractivity contribution in [3.63, 3.8) is 0 Å². The minimum Gasteiger partial charge on any atom is -0.480 e. The monoisotopic (exact) mass is 303 g/mol. The van der Waals surface area contributed by atoms with Gasteiger partial charge in [0.25, 0.3) is 5.56 Å². The van der Waals surface area contributed by atoms with Gasteiger partial charge >= 0.3 is 5.97 Å². The molecule has 21 heavy (non-hydrogen) atoms. The molecule has 0 fully saturated rings. The molecule has 6 nitrogen and oxygen atoms in total. The van der Waals surface area contributed by atoms with Gasteiger partial charge in [-0.1, -0.05) is 11.6 Å². The number of halogens is 1. The molecule has 0 aliphatic carbocycles. The summed E-state index contributed by atoms with van der Waals surface area (Å²) in [5, 5.41) is 9.42. The Balaban J connectivity index is 2.22. The second kappa shape index (κ2) is 5.06. The molecule has 0 unspecified atom stereocenters. The Morgan fingerprint density at radius 2 is 1.95 bits per heavy atom. The number of nitrogens with zero attached hydrogens (tertiary/aromatic N) is 3. The van der Waals surface area contributed by atoms with Crippen LogP contribution in [0.3, 0.4) is 0 Å². The number of hydrogen-bond donors (Lipinski definition) is 1. The van der Waals surface area contributed by atoms with Crippen molar-refractivity contribution in [1.29, 1.82) is 0 Å². The summed E-state index contributed by atoms with van der Waals surface area (Å²) in [5.74, 6) is -1.09. The number of hydrogen-bond acceptors (Lipinski definition) is 3. The summed E-state index contributed by atoms with van der Waals surface area (Å²) in [4.78, 5) is 27.3. The molecule has 0 aliphatic heterocycles. The van der Waals surface area contributed by atoms with Gasteiger partial charge in [-0.25, -0.2) is 4.98 Å². The van der Waals surface area contributed by atoms with E-state index >= 15 is 0 Å². The van der Waals surface area contributed by atoms with Gasteiger partial charge in [0.2, 0.25) is 0 Å². The average Bonchev–Trinajstić information content (AvgIpc) is 2.87. The van der Waals surface area contributed by atoms with Gasteiger partial charge in [-0.15, -0.1) is 0 Å². The van der Waals surface area contributed by atoms with Crippen molar-refractivity contribution in [2.75, 3.05) is 0 Å². The minimum absolute atomic E-state index is 0.334. The largest absolute Gasteiger partial charge is 0.480 e. The van der Waals surface area contributed by atoms with E-state index in [0.717, 1.165) is 10.3 Å². The van der Waals surface area contributed by atoms with Gasteiger partial charge < -0.3 is 9.67 Å². The van der Waals surface area contributed by atoms with Crippen molar-refractivity contribution >= 4 is 28.6 Å². The van der Waals surface area contributed by atoms with Crippen molar-refractivity contribution in [3.8, 4) is 5.69 Å². The minimum atomic E-state index is -1.09. The fraction of sp³-hybridized carbons (Fsp3) is 0.0714. The van der Waals surface area contributed by atoms with Gasteiger partial charge in [-0.3, -0.25) is 14.2 Å². The second-order valence-electron chi connectivity index (χ2n) is 4.47. The quantitative estimate of drug-likeness (QED) is 0.802. The lowest BCUT2D eigenvalue weighted by atomic mass is 10.3. The van der Waals surface area contributed by atoms with E-state index < -0.39 is 18.1 Å². The lowest BCUT2D eigenvalue weighted by molar-refractivity contribution is -0.137. The number of fused-ring (bicyclic) bond motifs is 1. The molecule has 1 aromatic carbocycles. The lowest BCUT2D eigenvalue weighted by Crippen LogP contribution is -2.25. The number of carboxylic acids is 1. The summed E-state index contributed by atoms with van der Waals surface area (Å²) in [6.45, 7) is -0.423. The Kier molecular flexibility index (Phi) is 3.23. The van der Waals surface area contributed by atoms with Crippen LogP contribution in [0.15, 0.2) is 47.7 Å². The third-order valence-corrected chi connectivity index (χ3v) is 3.33. The maximum atomic E-state index is 12.4. The highest BCUT2D eigenvalue weighted by Gasteiger charge is 2.12. The average molecular weight is 304 g/mol. The highest BCUT2D eigenvalue weighted by atomic mass is 35.5. The Hall–Kier alpha value is -2.60.